The van der Waals surface area contributed by atoms with Crippen LogP contribution >= 0.6 is 24.0 Å². The van der Waals surface area contributed by atoms with Gasteiger partial charge in [0, 0.05) is 52.3 Å². The van der Waals surface area contributed by atoms with Crippen molar-refractivity contribution in [3.05, 3.63) is 0 Å². The van der Waals surface area contributed by atoms with Gasteiger partial charge in [-0.05, 0) is 31.7 Å². The number of nitrogens with zero attached hydrogens (tertiary/aromatic N) is 3. The molecule has 2 aliphatic heterocycles. The molecule has 2 fully saturated rings. The summed E-state index contributed by atoms with van der Waals surface area (Å²) >= 11 is 0. The number of carbonyl (C=O) groups is 1. The van der Waals surface area contributed by atoms with Gasteiger partial charge in [0.15, 0.2) is 5.96 Å². The highest BCUT2D eigenvalue weighted by Crippen LogP contribution is 2.18. The first-order valence-electron chi connectivity index (χ1n) is 9.99. The van der Waals surface area contributed by atoms with Crippen LogP contribution in [-0.2, 0) is 9.53 Å². The van der Waals surface area contributed by atoms with E-state index >= 15 is 0 Å². The molecule has 8 heteroatoms. The van der Waals surface area contributed by atoms with Gasteiger partial charge in [0.25, 0.3) is 0 Å². The summed E-state index contributed by atoms with van der Waals surface area (Å²) in [6, 6.07) is 0.545. The van der Waals surface area contributed by atoms with Crippen molar-refractivity contribution in [1.82, 2.24) is 20.4 Å². The zero-order chi connectivity index (χ0) is 18.9. The van der Waals surface area contributed by atoms with Crippen molar-refractivity contribution in [2.45, 2.75) is 39.2 Å². The Morgan fingerprint density at radius 1 is 1.26 bits per heavy atom. The Kier molecular flexibility index (Phi) is 11.6. The molecule has 0 aromatic carbocycles. The molecule has 0 aromatic heterocycles. The summed E-state index contributed by atoms with van der Waals surface area (Å²) in [7, 11) is 3.52. The number of likely N-dealkylation sites (tertiary alicyclic amines) is 1. The van der Waals surface area contributed by atoms with Crippen LogP contribution in [0.1, 0.15) is 33.1 Å². The molecule has 2 saturated heterocycles. The van der Waals surface area contributed by atoms with Crippen LogP contribution in [0.2, 0.25) is 0 Å². The third-order valence-electron chi connectivity index (χ3n) is 5.06. The Labute approximate surface area is 181 Å². The number of hydrogen-bond acceptors (Lipinski definition) is 4. The zero-order valence-corrected chi connectivity index (χ0v) is 19.7. The molecule has 0 aliphatic carbocycles. The number of amides is 1. The first-order valence-corrected chi connectivity index (χ1v) is 9.99. The van der Waals surface area contributed by atoms with E-state index in [1.807, 2.05) is 0 Å². The van der Waals surface area contributed by atoms with Gasteiger partial charge in [0.1, 0.15) is 6.54 Å². The number of likely N-dealkylation sites (N-methyl/N-ethyl adjacent to an activating group) is 1. The zero-order valence-electron chi connectivity index (χ0n) is 17.4. The van der Waals surface area contributed by atoms with Gasteiger partial charge in [-0.25, -0.2) is 4.99 Å². The van der Waals surface area contributed by atoms with Crippen LogP contribution < -0.4 is 10.6 Å². The van der Waals surface area contributed by atoms with Crippen molar-refractivity contribution in [2.24, 2.45) is 16.8 Å². The predicted octanol–water partition coefficient (Wildman–Crippen LogP) is 1.38. The van der Waals surface area contributed by atoms with Gasteiger partial charge in [-0.15, -0.1) is 24.0 Å². The van der Waals surface area contributed by atoms with Crippen molar-refractivity contribution in [3.63, 3.8) is 0 Å². The first-order chi connectivity index (χ1) is 12.5. The molecule has 158 valence electrons. The fourth-order valence-electron chi connectivity index (χ4n) is 3.50. The highest BCUT2D eigenvalue weighted by Gasteiger charge is 2.25. The molecule has 0 aromatic rings. The molecule has 0 radical (unpaired) electrons. The number of rotatable bonds is 8. The third kappa shape index (κ3) is 8.95. The molecule has 7 nitrogen and oxygen atoms in total. The van der Waals surface area contributed by atoms with Gasteiger partial charge in [-0.2, -0.15) is 0 Å². The fourth-order valence-corrected chi connectivity index (χ4v) is 3.50. The summed E-state index contributed by atoms with van der Waals surface area (Å²) in [5.41, 5.74) is 0. The Balaban J connectivity index is 0.00000364. The van der Waals surface area contributed by atoms with Gasteiger partial charge < -0.3 is 20.3 Å². The van der Waals surface area contributed by atoms with E-state index in [0.29, 0.717) is 17.9 Å². The summed E-state index contributed by atoms with van der Waals surface area (Å²) in [6.07, 6.45) is 3.57. The van der Waals surface area contributed by atoms with E-state index in [9.17, 15) is 4.79 Å². The van der Waals surface area contributed by atoms with Gasteiger partial charge in [0.2, 0.25) is 5.91 Å². The second-order valence-electron chi connectivity index (χ2n) is 8.13. The maximum atomic E-state index is 11.9. The third-order valence-corrected chi connectivity index (χ3v) is 5.06. The molecule has 2 atom stereocenters. The van der Waals surface area contributed by atoms with Crippen LogP contribution in [0.4, 0.5) is 0 Å². The lowest BCUT2D eigenvalue weighted by Gasteiger charge is -2.27. The van der Waals surface area contributed by atoms with Crippen molar-refractivity contribution in [1.29, 1.82) is 0 Å². The maximum Gasteiger partial charge on any atom is 0.243 e. The highest BCUT2D eigenvalue weighted by atomic mass is 127. The Morgan fingerprint density at radius 3 is 2.63 bits per heavy atom. The van der Waals surface area contributed by atoms with Crippen molar-refractivity contribution < 1.29 is 9.53 Å². The highest BCUT2D eigenvalue weighted by molar-refractivity contribution is 14.0. The van der Waals surface area contributed by atoms with Crippen LogP contribution in [0.25, 0.3) is 0 Å². The molecule has 0 spiro atoms. The van der Waals surface area contributed by atoms with Crippen LogP contribution in [0, 0.1) is 11.8 Å². The van der Waals surface area contributed by atoms with E-state index in [-0.39, 0.29) is 36.4 Å². The average molecular weight is 495 g/mol. The van der Waals surface area contributed by atoms with Crippen molar-refractivity contribution >= 4 is 35.8 Å². The molecule has 0 saturated carbocycles. The monoisotopic (exact) mass is 495 g/mol. The quantitative estimate of drug-likeness (QED) is 0.303. The smallest absolute Gasteiger partial charge is 0.243 e. The van der Waals surface area contributed by atoms with E-state index in [0.717, 1.165) is 45.2 Å². The summed E-state index contributed by atoms with van der Waals surface area (Å²) in [4.78, 5) is 20.5. The molecule has 0 bridgehead atoms. The van der Waals surface area contributed by atoms with Crippen molar-refractivity contribution in [2.75, 3.05) is 60.0 Å². The number of hydrogen-bond donors (Lipinski definition) is 2. The summed E-state index contributed by atoms with van der Waals surface area (Å²) in [6.45, 7) is 10.4. The topological polar surface area (TPSA) is 69.2 Å². The summed E-state index contributed by atoms with van der Waals surface area (Å²) < 4.78 is 5.44. The number of carbonyl (C=O) groups excluding carboxylic acids is 1. The minimum absolute atomic E-state index is 0. The van der Waals surface area contributed by atoms with Gasteiger partial charge in [0.05, 0.1) is 6.61 Å². The SMILES string of the molecule is CC(C)CN1CCC[C@@H]1CNC(=NCC(=O)N(C)C)NCC1CCOC1.I. The van der Waals surface area contributed by atoms with Crippen LogP contribution in [0.3, 0.4) is 0 Å². The molecule has 2 heterocycles. The molecule has 1 amide bonds. The molecule has 2 N–H and O–H groups in total. The van der Waals surface area contributed by atoms with Crippen LogP contribution in [-0.4, -0.2) is 87.7 Å². The van der Waals surface area contributed by atoms with E-state index in [2.05, 4.69) is 34.4 Å². The molecular weight excluding hydrogens is 457 g/mol. The Hall–Kier alpha value is -0.610. The lowest BCUT2D eigenvalue weighted by atomic mass is 10.1. The number of ether oxygens (including phenoxy) is 1. The first kappa shape index (κ1) is 24.4. The van der Waals surface area contributed by atoms with Gasteiger partial charge in [-0.1, -0.05) is 13.8 Å². The minimum atomic E-state index is 0. The Morgan fingerprint density at radius 2 is 2.00 bits per heavy atom. The second-order valence-corrected chi connectivity index (χ2v) is 8.13. The number of nitrogens with one attached hydrogen (secondary N) is 2. The molecule has 2 rings (SSSR count). The molecule has 27 heavy (non-hydrogen) atoms. The van der Waals surface area contributed by atoms with Crippen LogP contribution in [0.5, 0.6) is 0 Å². The predicted molar refractivity (Wildman–Crippen MR) is 121 cm³/mol. The van der Waals surface area contributed by atoms with E-state index < -0.39 is 0 Å². The largest absolute Gasteiger partial charge is 0.381 e. The Bertz CT molecular complexity index is 467. The number of guanidine groups is 1. The molecule has 2 aliphatic rings. The van der Waals surface area contributed by atoms with E-state index in [1.165, 1.54) is 19.4 Å². The van der Waals surface area contributed by atoms with E-state index in [4.69, 9.17) is 4.74 Å². The average Bonchev–Trinajstić information content (AvgIpc) is 3.25. The normalized spacial score (nSPS) is 23.4. The van der Waals surface area contributed by atoms with E-state index in [1.54, 1.807) is 19.0 Å². The second kappa shape index (κ2) is 12.8. The van der Waals surface area contributed by atoms with Gasteiger partial charge >= 0.3 is 0 Å². The maximum absolute atomic E-state index is 11.9. The lowest BCUT2D eigenvalue weighted by molar-refractivity contribution is -0.127. The number of aliphatic imine (C=N–C) groups is 1. The summed E-state index contributed by atoms with van der Waals surface area (Å²) in [5, 5.41) is 6.87. The standard InChI is InChI=1S/C19H37N5O2.HI/c1-15(2)13-24-8-5-6-17(24)11-21-19(22-12-18(25)23(3)4)20-10-16-7-9-26-14-16;/h15-17H,5-14H2,1-4H3,(H2,20,21,22);1H/t16?,17-;/m1./s1. The summed E-state index contributed by atoms with van der Waals surface area (Å²) in [5.74, 6) is 1.96. The molecule has 1 unspecified atom stereocenters. The van der Waals surface area contributed by atoms with Gasteiger partial charge in [-0.3, -0.25) is 9.69 Å². The number of halogens is 1. The van der Waals surface area contributed by atoms with Crippen LogP contribution in [0.15, 0.2) is 4.99 Å². The van der Waals surface area contributed by atoms with Crippen molar-refractivity contribution in [3.8, 4) is 0 Å². The minimum Gasteiger partial charge on any atom is -0.381 e. The fraction of sp³-hybridized carbons (Fsp3) is 0.895. The lowest BCUT2D eigenvalue weighted by Crippen LogP contribution is -2.47. The molecular formula is C19H38IN5O2.